The van der Waals surface area contributed by atoms with Crippen molar-refractivity contribution in [3.8, 4) is 0 Å². The van der Waals surface area contributed by atoms with Gasteiger partial charge in [-0.05, 0) is 61.2 Å². The molecule has 0 fully saturated rings. The van der Waals surface area contributed by atoms with Crippen molar-refractivity contribution in [2.45, 2.75) is 20.3 Å². The van der Waals surface area contributed by atoms with Gasteiger partial charge < -0.3 is 10.4 Å². The molecule has 0 aliphatic heterocycles. The van der Waals surface area contributed by atoms with E-state index in [2.05, 4.69) is 5.32 Å². The number of halogens is 1. The lowest BCUT2D eigenvalue weighted by atomic mass is 10.1. The van der Waals surface area contributed by atoms with E-state index >= 15 is 0 Å². The normalized spacial score (nSPS) is 10.4. The molecule has 0 aliphatic rings. The predicted molar refractivity (Wildman–Crippen MR) is 81.5 cm³/mol. The third-order valence-corrected chi connectivity index (χ3v) is 3.42. The maximum absolute atomic E-state index is 13.0. The number of aryl methyl sites for hydroxylation is 2. The first-order valence-corrected chi connectivity index (χ1v) is 6.80. The van der Waals surface area contributed by atoms with E-state index in [4.69, 9.17) is 5.11 Å². The Morgan fingerprint density at radius 3 is 2.62 bits per heavy atom. The molecule has 0 aliphatic carbocycles. The van der Waals surface area contributed by atoms with Crippen LogP contribution in [0, 0.1) is 19.7 Å². The molecule has 2 aromatic carbocycles. The number of benzene rings is 2. The van der Waals surface area contributed by atoms with Crippen LogP contribution in [0.2, 0.25) is 0 Å². The minimum Gasteiger partial charge on any atom is -0.478 e. The first-order chi connectivity index (χ1) is 9.97. The van der Waals surface area contributed by atoms with Crippen molar-refractivity contribution in [1.82, 2.24) is 0 Å². The fourth-order valence-corrected chi connectivity index (χ4v) is 2.26. The van der Waals surface area contributed by atoms with Crippen molar-refractivity contribution in [3.63, 3.8) is 0 Å². The highest BCUT2D eigenvalue weighted by atomic mass is 19.1. The SMILES string of the molecule is Cc1ccc(C(=O)O)c(NCCc2ccc(F)cc2C)c1. The fourth-order valence-electron chi connectivity index (χ4n) is 2.26. The van der Waals surface area contributed by atoms with Crippen molar-refractivity contribution < 1.29 is 14.3 Å². The Morgan fingerprint density at radius 2 is 1.95 bits per heavy atom. The van der Waals surface area contributed by atoms with E-state index in [0.29, 0.717) is 18.7 Å². The van der Waals surface area contributed by atoms with Gasteiger partial charge in [-0.25, -0.2) is 9.18 Å². The number of nitrogens with one attached hydrogen (secondary N) is 1. The highest BCUT2D eigenvalue weighted by molar-refractivity contribution is 5.94. The maximum atomic E-state index is 13.0. The lowest BCUT2D eigenvalue weighted by molar-refractivity contribution is 0.0698. The van der Waals surface area contributed by atoms with Crippen LogP contribution in [-0.4, -0.2) is 17.6 Å². The van der Waals surface area contributed by atoms with Crippen molar-refractivity contribution >= 4 is 11.7 Å². The number of carboxylic acid groups (broad SMARTS) is 1. The topological polar surface area (TPSA) is 49.3 Å². The van der Waals surface area contributed by atoms with Crippen molar-refractivity contribution in [3.05, 3.63) is 64.5 Å². The number of carbonyl (C=O) groups is 1. The summed E-state index contributed by atoms with van der Waals surface area (Å²) in [6, 6.07) is 9.91. The minimum absolute atomic E-state index is 0.240. The van der Waals surface area contributed by atoms with Gasteiger partial charge in [0.15, 0.2) is 0 Å². The molecule has 0 bridgehead atoms. The van der Waals surface area contributed by atoms with Crippen LogP contribution in [0.3, 0.4) is 0 Å². The van der Waals surface area contributed by atoms with Gasteiger partial charge in [0, 0.05) is 12.2 Å². The Labute approximate surface area is 123 Å². The van der Waals surface area contributed by atoms with Gasteiger partial charge in [0.1, 0.15) is 5.82 Å². The van der Waals surface area contributed by atoms with E-state index in [1.807, 2.05) is 19.9 Å². The zero-order valence-electron chi connectivity index (χ0n) is 12.1. The van der Waals surface area contributed by atoms with Gasteiger partial charge in [-0.3, -0.25) is 0 Å². The average molecular weight is 287 g/mol. The summed E-state index contributed by atoms with van der Waals surface area (Å²) < 4.78 is 13.0. The Morgan fingerprint density at radius 1 is 1.19 bits per heavy atom. The Bertz CT molecular complexity index is 668. The molecule has 0 unspecified atom stereocenters. The third kappa shape index (κ3) is 3.81. The Hall–Kier alpha value is -2.36. The number of carboxylic acids is 1. The summed E-state index contributed by atoms with van der Waals surface area (Å²) in [6.07, 6.45) is 0.707. The lowest BCUT2D eigenvalue weighted by Crippen LogP contribution is -2.10. The van der Waals surface area contributed by atoms with Gasteiger partial charge in [0.05, 0.1) is 5.56 Å². The fraction of sp³-hybridized carbons (Fsp3) is 0.235. The summed E-state index contributed by atoms with van der Waals surface area (Å²) in [7, 11) is 0. The molecule has 0 radical (unpaired) electrons. The van der Waals surface area contributed by atoms with Gasteiger partial charge in [-0.1, -0.05) is 12.1 Å². The van der Waals surface area contributed by atoms with Crippen LogP contribution in [0.25, 0.3) is 0 Å². The summed E-state index contributed by atoms with van der Waals surface area (Å²) in [5.74, 6) is -1.19. The van der Waals surface area contributed by atoms with E-state index in [9.17, 15) is 9.18 Å². The van der Waals surface area contributed by atoms with Crippen molar-refractivity contribution in [2.24, 2.45) is 0 Å². The quantitative estimate of drug-likeness (QED) is 0.879. The van der Waals surface area contributed by atoms with E-state index in [1.54, 1.807) is 18.2 Å². The van der Waals surface area contributed by atoms with E-state index in [0.717, 1.165) is 16.7 Å². The molecule has 0 aromatic heterocycles. The van der Waals surface area contributed by atoms with Crippen LogP contribution in [0.5, 0.6) is 0 Å². The maximum Gasteiger partial charge on any atom is 0.337 e. The van der Waals surface area contributed by atoms with Gasteiger partial charge in [0.25, 0.3) is 0 Å². The summed E-state index contributed by atoms with van der Waals surface area (Å²) in [4.78, 5) is 11.2. The lowest BCUT2D eigenvalue weighted by Gasteiger charge is -2.11. The van der Waals surface area contributed by atoms with Crippen LogP contribution in [0.4, 0.5) is 10.1 Å². The second-order valence-corrected chi connectivity index (χ2v) is 5.10. The number of rotatable bonds is 5. The van der Waals surface area contributed by atoms with E-state index < -0.39 is 5.97 Å². The molecule has 0 saturated heterocycles. The van der Waals surface area contributed by atoms with Gasteiger partial charge >= 0.3 is 5.97 Å². The standard InChI is InChI=1S/C17H18FNO2/c1-11-3-6-15(17(20)21)16(9-11)19-8-7-13-4-5-14(18)10-12(13)2/h3-6,9-10,19H,7-8H2,1-2H3,(H,20,21). The molecule has 2 N–H and O–H groups in total. The molecular formula is C17H18FNO2. The highest BCUT2D eigenvalue weighted by Crippen LogP contribution is 2.18. The summed E-state index contributed by atoms with van der Waals surface area (Å²) in [5, 5.41) is 12.3. The zero-order chi connectivity index (χ0) is 15.4. The third-order valence-electron chi connectivity index (χ3n) is 3.42. The summed E-state index contributed by atoms with van der Waals surface area (Å²) in [5.41, 5.74) is 3.83. The van der Waals surface area contributed by atoms with Crippen LogP contribution in [0.15, 0.2) is 36.4 Å². The molecule has 0 spiro atoms. The molecule has 2 rings (SSSR count). The Kier molecular flexibility index (Phi) is 4.58. The number of aromatic carboxylic acids is 1. The van der Waals surface area contributed by atoms with E-state index in [-0.39, 0.29) is 11.4 Å². The van der Waals surface area contributed by atoms with Gasteiger partial charge in [-0.2, -0.15) is 0 Å². The van der Waals surface area contributed by atoms with Crippen molar-refractivity contribution in [1.29, 1.82) is 0 Å². The van der Waals surface area contributed by atoms with Gasteiger partial charge in [0.2, 0.25) is 0 Å². The minimum atomic E-state index is -0.949. The van der Waals surface area contributed by atoms with Crippen LogP contribution >= 0.6 is 0 Å². The molecule has 0 atom stereocenters. The predicted octanol–water partition coefficient (Wildman–Crippen LogP) is 3.80. The molecule has 4 heteroatoms. The Balaban J connectivity index is 2.06. The molecule has 21 heavy (non-hydrogen) atoms. The monoisotopic (exact) mass is 287 g/mol. The molecule has 0 heterocycles. The molecule has 2 aromatic rings. The molecule has 0 amide bonds. The van der Waals surface area contributed by atoms with Crippen LogP contribution < -0.4 is 5.32 Å². The average Bonchev–Trinajstić information content (AvgIpc) is 2.41. The largest absolute Gasteiger partial charge is 0.478 e. The second-order valence-electron chi connectivity index (χ2n) is 5.10. The number of anilines is 1. The first kappa shape index (κ1) is 15.0. The first-order valence-electron chi connectivity index (χ1n) is 6.80. The zero-order valence-corrected chi connectivity index (χ0v) is 12.1. The molecule has 110 valence electrons. The number of hydrogen-bond donors (Lipinski definition) is 2. The van der Waals surface area contributed by atoms with Crippen molar-refractivity contribution in [2.75, 3.05) is 11.9 Å². The molecule has 3 nitrogen and oxygen atoms in total. The molecule has 0 saturated carbocycles. The highest BCUT2D eigenvalue weighted by Gasteiger charge is 2.09. The smallest absolute Gasteiger partial charge is 0.337 e. The second kappa shape index (κ2) is 6.39. The molecular weight excluding hydrogens is 269 g/mol. The van der Waals surface area contributed by atoms with E-state index in [1.165, 1.54) is 12.1 Å². The summed E-state index contributed by atoms with van der Waals surface area (Å²) >= 11 is 0. The number of hydrogen-bond acceptors (Lipinski definition) is 2. The van der Waals surface area contributed by atoms with Gasteiger partial charge in [-0.15, -0.1) is 0 Å². The summed E-state index contributed by atoms with van der Waals surface area (Å²) in [6.45, 7) is 4.38. The van der Waals surface area contributed by atoms with Crippen LogP contribution in [0.1, 0.15) is 27.0 Å². The van der Waals surface area contributed by atoms with Crippen LogP contribution in [-0.2, 0) is 6.42 Å².